The lowest BCUT2D eigenvalue weighted by atomic mass is 10.1. The molecule has 5 rings (SSSR count). The topological polar surface area (TPSA) is 121 Å². The summed E-state index contributed by atoms with van der Waals surface area (Å²) in [5.41, 5.74) is 1.54. The van der Waals surface area contributed by atoms with Gasteiger partial charge in [0.2, 0.25) is 0 Å². The molecule has 2 aromatic heterocycles. The van der Waals surface area contributed by atoms with E-state index in [1.54, 1.807) is 13.0 Å². The van der Waals surface area contributed by atoms with E-state index in [4.69, 9.17) is 0 Å². The van der Waals surface area contributed by atoms with Crippen molar-refractivity contribution in [2.45, 2.75) is 26.3 Å². The summed E-state index contributed by atoms with van der Waals surface area (Å²) in [5, 5.41) is 17.5. The molecule has 3 amide bonds. The second kappa shape index (κ2) is 8.50. The second-order valence-corrected chi connectivity index (χ2v) is 8.24. The molecule has 9 nitrogen and oxygen atoms in total. The number of nitrogens with one attached hydrogen (secondary N) is 1. The Bertz CT molecular complexity index is 1570. The first-order valence-corrected chi connectivity index (χ1v) is 11.1. The number of para-hydroxylation sites is 1. The van der Waals surface area contributed by atoms with Crippen molar-refractivity contribution in [3.8, 4) is 11.9 Å². The van der Waals surface area contributed by atoms with Crippen LogP contribution in [0.2, 0.25) is 0 Å². The SMILES string of the molecule is CCC(C)N1C(=O)c2ccc(C(=O)Nc3c(C#N)cnn3-c3ccc4ccccc4n3)cc2C1=O. The number of hydrogen-bond donors (Lipinski definition) is 1. The fourth-order valence-electron chi connectivity index (χ4n) is 4.06. The Kier molecular flexibility index (Phi) is 5.34. The molecule has 1 aliphatic rings. The number of amides is 3. The first-order valence-electron chi connectivity index (χ1n) is 11.1. The number of anilines is 1. The third kappa shape index (κ3) is 3.61. The van der Waals surface area contributed by atoms with E-state index in [9.17, 15) is 19.6 Å². The Morgan fingerprint density at radius 1 is 1.09 bits per heavy atom. The first kappa shape index (κ1) is 22.0. The number of imide groups is 1. The van der Waals surface area contributed by atoms with E-state index in [0.29, 0.717) is 12.2 Å². The minimum atomic E-state index is -0.547. The zero-order chi connectivity index (χ0) is 24.7. The average Bonchev–Trinajstić information content (AvgIpc) is 3.40. The van der Waals surface area contributed by atoms with Crippen LogP contribution >= 0.6 is 0 Å². The number of rotatable bonds is 5. The Balaban J connectivity index is 1.48. The number of nitriles is 1. The van der Waals surface area contributed by atoms with E-state index < -0.39 is 11.8 Å². The Morgan fingerprint density at radius 2 is 1.86 bits per heavy atom. The Morgan fingerprint density at radius 3 is 2.63 bits per heavy atom. The van der Waals surface area contributed by atoms with E-state index in [1.807, 2.05) is 43.3 Å². The van der Waals surface area contributed by atoms with Crippen molar-refractivity contribution >= 4 is 34.4 Å². The molecular weight excluding hydrogens is 444 g/mol. The van der Waals surface area contributed by atoms with Crippen LogP contribution in [0.15, 0.2) is 60.8 Å². The van der Waals surface area contributed by atoms with Gasteiger partial charge in [-0.15, -0.1) is 0 Å². The summed E-state index contributed by atoms with van der Waals surface area (Å²) in [6.07, 6.45) is 1.98. The molecule has 1 N–H and O–H groups in total. The van der Waals surface area contributed by atoms with Crippen molar-refractivity contribution in [3.63, 3.8) is 0 Å². The van der Waals surface area contributed by atoms with Gasteiger partial charge < -0.3 is 5.32 Å². The molecule has 9 heteroatoms. The van der Waals surface area contributed by atoms with Gasteiger partial charge in [-0.3, -0.25) is 19.3 Å². The number of carbonyl (C=O) groups is 3. The summed E-state index contributed by atoms with van der Waals surface area (Å²) < 4.78 is 1.38. The summed E-state index contributed by atoms with van der Waals surface area (Å²) in [5.74, 6) is -0.742. The highest BCUT2D eigenvalue weighted by Crippen LogP contribution is 2.27. The number of benzene rings is 2. The van der Waals surface area contributed by atoms with Crippen molar-refractivity contribution in [1.29, 1.82) is 5.26 Å². The summed E-state index contributed by atoms with van der Waals surface area (Å²) in [7, 11) is 0. The molecule has 0 fully saturated rings. The summed E-state index contributed by atoms with van der Waals surface area (Å²) in [4.78, 5) is 44.5. The third-order valence-electron chi connectivity index (χ3n) is 6.13. The molecular formula is C26H20N6O3. The van der Waals surface area contributed by atoms with Crippen LogP contribution in [0.25, 0.3) is 16.7 Å². The van der Waals surface area contributed by atoms with Crippen molar-refractivity contribution in [3.05, 3.63) is 83.0 Å². The zero-order valence-corrected chi connectivity index (χ0v) is 19.0. The third-order valence-corrected chi connectivity index (χ3v) is 6.13. The average molecular weight is 464 g/mol. The normalized spacial score (nSPS) is 13.6. The number of pyridine rings is 1. The van der Waals surface area contributed by atoms with Crippen molar-refractivity contribution in [2.75, 3.05) is 5.32 Å². The highest BCUT2D eigenvalue weighted by Gasteiger charge is 2.38. The molecule has 3 heterocycles. The van der Waals surface area contributed by atoms with E-state index in [2.05, 4.69) is 15.4 Å². The number of carbonyl (C=O) groups excluding carboxylic acids is 3. The van der Waals surface area contributed by atoms with Crippen molar-refractivity contribution in [2.24, 2.45) is 0 Å². The number of nitrogens with zero attached hydrogens (tertiary/aromatic N) is 5. The molecule has 2 aromatic carbocycles. The molecule has 0 aliphatic carbocycles. The van der Waals surface area contributed by atoms with Gasteiger partial charge in [0, 0.05) is 17.0 Å². The van der Waals surface area contributed by atoms with E-state index in [1.165, 1.54) is 34.0 Å². The highest BCUT2D eigenvalue weighted by molar-refractivity contribution is 6.22. The fraction of sp³-hybridized carbons (Fsp3) is 0.154. The molecule has 1 aliphatic heterocycles. The maximum atomic E-state index is 13.1. The number of fused-ring (bicyclic) bond motifs is 2. The molecule has 0 bridgehead atoms. The van der Waals surface area contributed by atoms with Crippen LogP contribution in [-0.2, 0) is 0 Å². The van der Waals surface area contributed by atoms with Crippen LogP contribution in [0.4, 0.5) is 5.82 Å². The Labute approximate surface area is 200 Å². The first-order chi connectivity index (χ1) is 16.9. The molecule has 0 saturated carbocycles. The molecule has 4 aromatic rings. The standard InChI is InChI=1S/C26H20N6O3/c1-3-15(2)31-25(34)19-10-8-17(12-20(19)26(31)35)24(33)30-23-18(13-27)14-28-32(23)22-11-9-16-6-4-5-7-21(16)29-22/h4-12,14-15H,3H2,1-2H3,(H,30,33). The highest BCUT2D eigenvalue weighted by atomic mass is 16.2. The predicted octanol–water partition coefficient (Wildman–Crippen LogP) is 3.94. The maximum absolute atomic E-state index is 13.1. The molecule has 1 unspecified atom stereocenters. The van der Waals surface area contributed by atoms with Gasteiger partial charge >= 0.3 is 0 Å². The maximum Gasteiger partial charge on any atom is 0.261 e. The lowest BCUT2D eigenvalue weighted by Crippen LogP contribution is -2.37. The minimum Gasteiger partial charge on any atom is -0.305 e. The fourth-order valence-corrected chi connectivity index (χ4v) is 4.06. The van der Waals surface area contributed by atoms with Crippen LogP contribution < -0.4 is 5.32 Å². The molecule has 0 radical (unpaired) electrons. The smallest absolute Gasteiger partial charge is 0.261 e. The van der Waals surface area contributed by atoms with Gasteiger partial charge in [0.15, 0.2) is 11.6 Å². The zero-order valence-electron chi connectivity index (χ0n) is 19.0. The molecule has 0 spiro atoms. The van der Waals surface area contributed by atoms with Gasteiger partial charge in [-0.2, -0.15) is 15.0 Å². The van der Waals surface area contributed by atoms with Crippen LogP contribution in [0, 0.1) is 11.3 Å². The lowest BCUT2D eigenvalue weighted by Gasteiger charge is -2.20. The summed E-state index contributed by atoms with van der Waals surface area (Å²) in [6.45, 7) is 3.70. The summed E-state index contributed by atoms with van der Waals surface area (Å²) >= 11 is 0. The number of aromatic nitrogens is 3. The molecule has 172 valence electrons. The second-order valence-electron chi connectivity index (χ2n) is 8.24. The van der Waals surface area contributed by atoms with E-state index in [0.717, 1.165) is 10.9 Å². The van der Waals surface area contributed by atoms with Gasteiger partial charge in [0.1, 0.15) is 11.6 Å². The van der Waals surface area contributed by atoms with Gasteiger partial charge in [0.05, 0.1) is 22.8 Å². The van der Waals surface area contributed by atoms with Crippen LogP contribution in [-0.4, -0.2) is 43.4 Å². The predicted molar refractivity (Wildman–Crippen MR) is 128 cm³/mol. The van der Waals surface area contributed by atoms with E-state index >= 15 is 0 Å². The Hall–Kier alpha value is -4.84. The van der Waals surface area contributed by atoms with Gasteiger partial charge in [0.25, 0.3) is 17.7 Å². The van der Waals surface area contributed by atoms with Crippen molar-refractivity contribution in [1.82, 2.24) is 19.7 Å². The largest absolute Gasteiger partial charge is 0.305 e. The molecule has 35 heavy (non-hydrogen) atoms. The van der Waals surface area contributed by atoms with E-state index in [-0.39, 0.29) is 40.0 Å². The summed E-state index contributed by atoms with van der Waals surface area (Å²) in [6, 6.07) is 17.4. The lowest BCUT2D eigenvalue weighted by molar-refractivity contribution is 0.0593. The van der Waals surface area contributed by atoms with Gasteiger partial charge in [-0.25, -0.2) is 4.98 Å². The molecule has 1 atom stereocenters. The minimum absolute atomic E-state index is 0.156. The van der Waals surface area contributed by atoms with Crippen molar-refractivity contribution < 1.29 is 14.4 Å². The van der Waals surface area contributed by atoms with Crippen LogP contribution in [0.5, 0.6) is 0 Å². The van der Waals surface area contributed by atoms with Gasteiger partial charge in [-0.05, 0) is 49.7 Å². The number of hydrogen-bond acceptors (Lipinski definition) is 6. The van der Waals surface area contributed by atoms with Gasteiger partial charge in [-0.1, -0.05) is 25.1 Å². The quantitative estimate of drug-likeness (QED) is 0.447. The van der Waals surface area contributed by atoms with Crippen LogP contribution in [0.1, 0.15) is 56.9 Å². The molecule has 0 saturated heterocycles. The van der Waals surface area contributed by atoms with Crippen LogP contribution in [0.3, 0.4) is 0 Å². The monoisotopic (exact) mass is 464 g/mol.